The molecule has 0 atom stereocenters. The molecule has 0 unspecified atom stereocenters. The number of sulfone groups is 1. The monoisotopic (exact) mass is 236 g/mol. The Morgan fingerprint density at radius 2 is 1.80 bits per heavy atom. The van der Waals surface area contributed by atoms with Crippen molar-refractivity contribution in [2.45, 2.75) is 20.3 Å². The number of hydrogen-bond donors (Lipinski definition) is 0. The van der Waals surface area contributed by atoms with Gasteiger partial charge in [-0.25, -0.2) is 8.42 Å². The molecule has 0 amide bonds. The maximum absolute atomic E-state index is 11.3. The Labute approximate surface area is 89.7 Å². The lowest BCUT2D eigenvalue weighted by Gasteiger charge is -2.05. The van der Waals surface area contributed by atoms with Crippen LogP contribution in [0.15, 0.2) is 0 Å². The third kappa shape index (κ3) is 6.22. The summed E-state index contributed by atoms with van der Waals surface area (Å²) >= 11 is 0. The molecule has 0 aliphatic heterocycles. The van der Waals surface area contributed by atoms with Crippen molar-refractivity contribution >= 4 is 21.6 Å². The van der Waals surface area contributed by atoms with Gasteiger partial charge in [0.1, 0.15) is 11.5 Å². The minimum absolute atomic E-state index is 0.204. The van der Waals surface area contributed by atoms with Crippen LogP contribution in [-0.2, 0) is 24.2 Å². The second kappa shape index (κ2) is 5.85. The van der Waals surface area contributed by atoms with E-state index in [2.05, 4.69) is 4.74 Å². The maximum atomic E-state index is 11.3. The maximum Gasteiger partial charge on any atom is 0.306 e. The molecule has 0 radical (unpaired) electrons. The van der Waals surface area contributed by atoms with E-state index in [1.54, 1.807) is 13.8 Å². The van der Waals surface area contributed by atoms with E-state index in [1.165, 1.54) is 7.11 Å². The summed E-state index contributed by atoms with van der Waals surface area (Å²) in [6, 6.07) is 0. The number of ether oxygens (including phenoxy) is 1. The van der Waals surface area contributed by atoms with Crippen LogP contribution in [0.4, 0.5) is 0 Å². The summed E-state index contributed by atoms with van der Waals surface area (Å²) < 4.78 is 27.0. The predicted octanol–water partition coefficient (Wildman–Crippen LogP) is 0.189. The normalized spacial score (nSPS) is 11.5. The Hall–Kier alpha value is -0.910. The molecule has 0 bridgehead atoms. The number of carbonyl (C=O) groups excluding carboxylic acids is 2. The Morgan fingerprint density at radius 1 is 1.27 bits per heavy atom. The zero-order valence-corrected chi connectivity index (χ0v) is 9.96. The van der Waals surface area contributed by atoms with Crippen LogP contribution in [0, 0.1) is 5.92 Å². The summed E-state index contributed by atoms with van der Waals surface area (Å²) in [5, 5.41) is 0. The van der Waals surface area contributed by atoms with Gasteiger partial charge in [-0.1, -0.05) is 13.8 Å². The molecule has 0 heterocycles. The molecular formula is C9H16O5S. The van der Waals surface area contributed by atoms with Gasteiger partial charge in [-0.2, -0.15) is 0 Å². The van der Waals surface area contributed by atoms with E-state index in [1.807, 2.05) is 0 Å². The van der Waals surface area contributed by atoms with Crippen molar-refractivity contribution in [3.8, 4) is 0 Å². The molecule has 0 saturated heterocycles. The first kappa shape index (κ1) is 14.1. The van der Waals surface area contributed by atoms with Crippen molar-refractivity contribution in [1.29, 1.82) is 0 Å². The van der Waals surface area contributed by atoms with Gasteiger partial charge in [0, 0.05) is 5.92 Å². The van der Waals surface area contributed by atoms with Crippen LogP contribution in [0.2, 0.25) is 0 Å². The molecule has 0 aliphatic rings. The summed E-state index contributed by atoms with van der Waals surface area (Å²) in [5.74, 6) is -2.06. The quantitative estimate of drug-likeness (QED) is 0.615. The molecule has 15 heavy (non-hydrogen) atoms. The molecule has 0 fully saturated rings. The van der Waals surface area contributed by atoms with E-state index in [4.69, 9.17) is 0 Å². The van der Waals surface area contributed by atoms with Gasteiger partial charge in [0.15, 0.2) is 9.84 Å². The largest absolute Gasteiger partial charge is 0.469 e. The highest BCUT2D eigenvalue weighted by Crippen LogP contribution is 2.01. The Balaban J connectivity index is 4.21. The summed E-state index contributed by atoms with van der Waals surface area (Å²) in [7, 11) is -2.29. The van der Waals surface area contributed by atoms with Crippen molar-refractivity contribution in [2.75, 3.05) is 18.6 Å². The molecule has 0 aromatic heterocycles. The van der Waals surface area contributed by atoms with Crippen LogP contribution in [-0.4, -0.2) is 38.8 Å². The van der Waals surface area contributed by atoms with E-state index in [0.717, 1.165) is 0 Å². The molecule has 0 aromatic rings. The molecule has 0 N–H and O–H groups in total. The highest BCUT2D eigenvalue weighted by molar-refractivity contribution is 7.92. The van der Waals surface area contributed by atoms with Gasteiger partial charge in [-0.3, -0.25) is 9.59 Å². The second-order valence-electron chi connectivity index (χ2n) is 3.54. The first-order valence-corrected chi connectivity index (χ1v) is 6.40. The second-order valence-corrected chi connectivity index (χ2v) is 5.72. The van der Waals surface area contributed by atoms with Crippen molar-refractivity contribution in [2.24, 2.45) is 5.92 Å². The lowest BCUT2D eigenvalue weighted by atomic mass is 10.1. The number of methoxy groups -OCH3 is 1. The van der Waals surface area contributed by atoms with Crippen LogP contribution in [0.3, 0.4) is 0 Å². The molecule has 0 aromatic carbocycles. The van der Waals surface area contributed by atoms with Crippen LogP contribution in [0.1, 0.15) is 20.3 Å². The number of Topliss-reactive ketones (excluding diaryl/α,β-unsaturated/α-hetero) is 1. The van der Waals surface area contributed by atoms with Crippen LogP contribution in [0.5, 0.6) is 0 Å². The van der Waals surface area contributed by atoms with Crippen molar-refractivity contribution in [3.05, 3.63) is 0 Å². The van der Waals surface area contributed by atoms with E-state index in [9.17, 15) is 18.0 Å². The minimum Gasteiger partial charge on any atom is -0.469 e. The average molecular weight is 236 g/mol. The number of ketones is 1. The minimum atomic E-state index is -3.48. The molecule has 6 heteroatoms. The number of carbonyl (C=O) groups is 2. The summed E-state index contributed by atoms with van der Waals surface area (Å²) in [5.41, 5.74) is 0. The van der Waals surface area contributed by atoms with Crippen molar-refractivity contribution < 1.29 is 22.7 Å². The Morgan fingerprint density at radius 3 is 2.20 bits per heavy atom. The van der Waals surface area contributed by atoms with E-state index in [-0.39, 0.29) is 23.9 Å². The average Bonchev–Trinajstić information content (AvgIpc) is 2.13. The summed E-state index contributed by atoms with van der Waals surface area (Å²) in [6.07, 6.45) is -0.204. The predicted molar refractivity (Wildman–Crippen MR) is 55.1 cm³/mol. The molecule has 0 rings (SSSR count). The third-order valence-corrected chi connectivity index (χ3v) is 3.40. The van der Waals surface area contributed by atoms with Gasteiger partial charge in [0.05, 0.1) is 19.3 Å². The van der Waals surface area contributed by atoms with Gasteiger partial charge >= 0.3 is 5.97 Å². The Kier molecular flexibility index (Phi) is 5.49. The van der Waals surface area contributed by atoms with Crippen LogP contribution < -0.4 is 0 Å². The molecule has 88 valence electrons. The van der Waals surface area contributed by atoms with E-state index < -0.39 is 21.6 Å². The highest BCUT2D eigenvalue weighted by atomic mass is 32.2. The third-order valence-electron chi connectivity index (χ3n) is 1.85. The first-order chi connectivity index (χ1) is 6.78. The number of hydrogen-bond acceptors (Lipinski definition) is 5. The molecular weight excluding hydrogens is 220 g/mol. The van der Waals surface area contributed by atoms with Gasteiger partial charge in [-0.15, -0.1) is 0 Å². The standard InChI is InChI=1S/C9H16O5S/c1-7(2)8(10)6-15(12,13)5-4-9(11)14-3/h7H,4-6H2,1-3H3. The van der Waals surface area contributed by atoms with Crippen LogP contribution in [0.25, 0.3) is 0 Å². The van der Waals surface area contributed by atoms with Gasteiger partial charge in [-0.05, 0) is 0 Å². The summed E-state index contributed by atoms with van der Waals surface area (Å²) in [6.45, 7) is 3.27. The first-order valence-electron chi connectivity index (χ1n) is 4.58. The number of esters is 1. The Bertz CT molecular complexity index is 328. The highest BCUT2D eigenvalue weighted by Gasteiger charge is 2.20. The van der Waals surface area contributed by atoms with E-state index in [0.29, 0.717) is 0 Å². The zero-order valence-electron chi connectivity index (χ0n) is 9.15. The van der Waals surface area contributed by atoms with Crippen LogP contribution >= 0.6 is 0 Å². The SMILES string of the molecule is COC(=O)CCS(=O)(=O)CC(=O)C(C)C. The fourth-order valence-corrected chi connectivity index (χ4v) is 2.19. The lowest BCUT2D eigenvalue weighted by molar-refractivity contribution is -0.140. The molecule has 5 nitrogen and oxygen atoms in total. The zero-order chi connectivity index (χ0) is 12.1. The lowest BCUT2D eigenvalue weighted by Crippen LogP contribution is -2.23. The molecule has 0 saturated carbocycles. The topological polar surface area (TPSA) is 77.5 Å². The fourth-order valence-electron chi connectivity index (χ4n) is 0.796. The summed E-state index contributed by atoms with van der Waals surface area (Å²) in [4.78, 5) is 21.9. The van der Waals surface area contributed by atoms with Gasteiger partial charge < -0.3 is 4.74 Å². The van der Waals surface area contributed by atoms with Gasteiger partial charge in [0.2, 0.25) is 0 Å². The van der Waals surface area contributed by atoms with E-state index >= 15 is 0 Å². The van der Waals surface area contributed by atoms with Crippen molar-refractivity contribution in [3.63, 3.8) is 0 Å². The molecule has 0 spiro atoms. The number of rotatable bonds is 6. The molecule has 0 aliphatic carbocycles. The smallest absolute Gasteiger partial charge is 0.306 e. The van der Waals surface area contributed by atoms with Gasteiger partial charge in [0.25, 0.3) is 0 Å². The fraction of sp³-hybridized carbons (Fsp3) is 0.778. The van der Waals surface area contributed by atoms with Crippen molar-refractivity contribution in [1.82, 2.24) is 0 Å².